The fourth-order valence-electron chi connectivity index (χ4n) is 11.1. The normalized spacial score (nSPS) is 37.7. The number of carbonyl (C=O) groups excluding carboxylic acids is 4. The molecular weight excluding hydrogens is 903 g/mol. The minimum Gasteiger partial charge on any atom is -0.461 e. The maximum atomic E-state index is 14.5. The molecule has 14 nitrogen and oxygen atoms in total. The van der Waals surface area contributed by atoms with E-state index in [1.165, 1.54) is 12.0 Å². The third kappa shape index (κ3) is 15.5. The summed E-state index contributed by atoms with van der Waals surface area (Å²) < 4.78 is 24.1. The summed E-state index contributed by atoms with van der Waals surface area (Å²) in [6.07, 6.45) is 14.5. The van der Waals surface area contributed by atoms with Crippen molar-refractivity contribution in [2.75, 3.05) is 26.1 Å². The maximum absolute atomic E-state index is 14.5. The zero-order valence-electron chi connectivity index (χ0n) is 43.8. The number of methoxy groups -OCH3 is 2. The lowest BCUT2D eigenvalue weighted by molar-refractivity contribution is -0.263. The van der Waals surface area contributed by atoms with Gasteiger partial charge >= 0.3 is 5.97 Å². The molecule has 1 aromatic rings. The van der Waals surface area contributed by atoms with Gasteiger partial charge < -0.3 is 44.5 Å². The third-order valence-corrected chi connectivity index (χ3v) is 15.6. The summed E-state index contributed by atoms with van der Waals surface area (Å²) in [6.45, 7) is 13.5. The Labute approximate surface area is 422 Å². The summed E-state index contributed by atoms with van der Waals surface area (Å²) >= 11 is 0. The first-order chi connectivity index (χ1) is 33.8. The molecule has 2 bridgehead atoms. The highest BCUT2D eigenvalue weighted by Gasteiger charge is 2.53. The number of amides is 1. The van der Waals surface area contributed by atoms with Gasteiger partial charge in [0.05, 0.1) is 29.9 Å². The largest absolute Gasteiger partial charge is 0.461 e. The van der Waals surface area contributed by atoms with Gasteiger partial charge in [-0.3, -0.25) is 14.4 Å². The van der Waals surface area contributed by atoms with Crippen LogP contribution in [-0.2, 0) is 38.1 Å². The van der Waals surface area contributed by atoms with Gasteiger partial charge in [0.25, 0.3) is 11.7 Å². The van der Waals surface area contributed by atoms with Crippen LogP contribution in [-0.4, -0.2) is 119 Å². The number of Topliss-reactive ketones (excluding diaryl/α,β-unsaturated/α-hetero) is 2. The van der Waals surface area contributed by atoms with Crippen LogP contribution in [0.15, 0.2) is 71.9 Å². The summed E-state index contributed by atoms with van der Waals surface area (Å²) in [5.41, 5.74) is 2.69. The van der Waals surface area contributed by atoms with E-state index in [1.807, 2.05) is 70.2 Å². The number of nitrogens with zero attached hydrogens (tertiary/aromatic N) is 2. The Morgan fingerprint density at radius 3 is 2.37 bits per heavy atom. The van der Waals surface area contributed by atoms with Gasteiger partial charge in [-0.25, -0.2) is 4.79 Å². The number of piperidine rings is 1. The minimum absolute atomic E-state index is 0.0309. The quantitative estimate of drug-likeness (QED) is 0.115. The Kier molecular flexibility index (Phi) is 21.8. The molecule has 2 saturated heterocycles. The summed E-state index contributed by atoms with van der Waals surface area (Å²) in [6, 6.07) is 7.87. The average Bonchev–Trinajstić information content (AvgIpc) is 3.35. The van der Waals surface area contributed by atoms with E-state index in [0.29, 0.717) is 87.5 Å². The number of hydrogen-bond acceptors (Lipinski definition) is 13. The number of carbonyl (C=O) groups is 4. The minimum atomic E-state index is -2.44. The van der Waals surface area contributed by atoms with Crippen LogP contribution in [0.2, 0.25) is 0 Å². The molecule has 4 aliphatic rings. The number of fused-ring (bicyclic) bond motifs is 3. The number of benzene rings is 1. The van der Waals surface area contributed by atoms with Gasteiger partial charge in [0.2, 0.25) is 5.79 Å². The molecule has 71 heavy (non-hydrogen) atoms. The molecule has 0 radical (unpaired) electrons. The van der Waals surface area contributed by atoms with Gasteiger partial charge in [-0.2, -0.15) is 5.26 Å². The molecule has 3 fully saturated rings. The zero-order chi connectivity index (χ0) is 52.0. The lowest BCUT2D eigenvalue weighted by Crippen LogP contribution is -2.61. The number of hydrogen-bond donors (Lipinski definition) is 4. The van der Waals surface area contributed by atoms with Crippen molar-refractivity contribution >= 4 is 29.1 Å². The van der Waals surface area contributed by atoms with E-state index in [-0.39, 0.29) is 54.6 Å². The van der Waals surface area contributed by atoms with Gasteiger partial charge in [-0.05, 0) is 145 Å². The van der Waals surface area contributed by atoms with Crippen molar-refractivity contribution in [3.05, 3.63) is 77.4 Å². The molecule has 1 amide bonds. The molecular formula is C57H83N3O11. The second kappa shape index (κ2) is 27.0. The van der Waals surface area contributed by atoms with E-state index in [0.717, 1.165) is 12.0 Å². The lowest BCUT2D eigenvalue weighted by Gasteiger charge is -2.43. The second-order valence-electron chi connectivity index (χ2n) is 21.4. The summed E-state index contributed by atoms with van der Waals surface area (Å²) in [4.78, 5) is 58.5. The molecule has 0 spiro atoms. The van der Waals surface area contributed by atoms with Crippen LogP contribution in [0, 0.1) is 46.8 Å². The number of nitriles is 1. The predicted octanol–water partition coefficient (Wildman–Crippen LogP) is 8.34. The van der Waals surface area contributed by atoms with Crippen molar-refractivity contribution in [1.82, 2.24) is 4.90 Å². The van der Waals surface area contributed by atoms with Crippen LogP contribution in [0.1, 0.15) is 138 Å². The SMILES string of the molecule is CO[C@@H]1C[C@@H](C[C@@H](C)[C@@H]2CC[C@H](C)/C=C(\C)[C@@H](O)[C@@H](OC)C(=O)[C@H](C)C[C@H](C)/C=C/C=C/C=C(\C)C(Nc3cccc(C#N)c3)C[C@@H]3CC[C@@H](C)[C@@](O)(O3)C(=O)C(=O)N3CCCC[C@H]3C(=O)O2)CC[C@H]1O. The Hall–Kier alpha value is -4.49. The van der Waals surface area contributed by atoms with Crippen molar-refractivity contribution in [1.29, 1.82) is 5.26 Å². The number of ether oxygens (including phenoxy) is 4. The van der Waals surface area contributed by atoms with Crippen LogP contribution in [0.4, 0.5) is 5.69 Å². The van der Waals surface area contributed by atoms with Crippen LogP contribution in [0.25, 0.3) is 0 Å². The van der Waals surface area contributed by atoms with Gasteiger partial charge in [-0.15, -0.1) is 0 Å². The van der Waals surface area contributed by atoms with E-state index in [1.54, 1.807) is 39.2 Å². The third-order valence-electron chi connectivity index (χ3n) is 15.6. The van der Waals surface area contributed by atoms with Gasteiger partial charge in [0.1, 0.15) is 24.4 Å². The molecule has 5 rings (SSSR count). The number of aliphatic hydroxyl groups excluding tert-OH is 2. The summed E-state index contributed by atoms with van der Waals surface area (Å²) in [7, 11) is 3.04. The molecule has 3 aliphatic heterocycles. The van der Waals surface area contributed by atoms with Crippen LogP contribution < -0.4 is 5.32 Å². The number of ketones is 2. The van der Waals surface area contributed by atoms with E-state index >= 15 is 0 Å². The molecule has 3 heterocycles. The first-order valence-electron chi connectivity index (χ1n) is 26.2. The molecule has 14 heteroatoms. The topological polar surface area (TPSA) is 205 Å². The number of anilines is 1. The second-order valence-corrected chi connectivity index (χ2v) is 21.4. The molecule has 15 atom stereocenters. The van der Waals surface area contributed by atoms with Gasteiger partial charge in [0, 0.05) is 44.3 Å². The van der Waals surface area contributed by atoms with Crippen LogP contribution in [0.3, 0.4) is 0 Å². The lowest BCUT2D eigenvalue weighted by atomic mass is 9.78. The number of nitrogens with one attached hydrogen (secondary N) is 1. The predicted molar refractivity (Wildman–Crippen MR) is 273 cm³/mol. The van der Waals surface area contributed by atoms with E-state index in [4.69, 9.17) is 18.9 Å². The number of aliphatic hydroxyl groups is 3. The molecule has 1 aliphatic carbocycles. The smallest absolute Gasteiger partial charge is 0.329 e. The zero-order valence-corrected chi connectivity index (χ0v) is 43.8. The molecule has 4 N–H and O–H groups in total. The number of cyclic esters (lactones) is 1. The highest BCUT2D eigenvalue weighted by atomic mass is 16.6. The van der Waals surface area contributed by atoms with Gasteiger partial charge in [-0.1, -0.05) is 82.7 Å². The van der Waals surface area contributed by atoms with Crippen molar-refractivity contribution in [2.24, 2.45) is 35.5 Å². The molecule has 1 saturated carbocycles. The summed E-state index contributed by atoms with van der Waals surface area (Å²) in [5, 5.41) is 47.4. The van der Waals surface area contributed by atoms with Crippen molar-refractivity contribution in [2.45, 2.75) is 186 Å². The standard InChI is InChI=1S/C57H83N3O11/c1-35-16-11-10-12-17-37(3)46(59-44-19-15-18-43(31-44)34-58)33-45-24-22-41(7)57(67,71-45)54(64)55(65)60-27-14-13-20-47(60)56(66)70-49(38(4)30-42-23-25-48(61)50(32-42)68-8)26-21-36(2)29-40(6)52(63)53(69-9)51(62)39(5)28-35/h10-12,15-19,29,31,35-36,38-39,41-42,45-50,52-53,59,61,63,67H,13-14,20-28,30,32-33H2,1-9H3/b12-10+,16-11+,37-17+,40-29+/t35-,36+,38-,39-,41-,42-,45+,46?,47+,48-,49+,50-,52-,53+,57-/m1/s1. The summed E-state index contributed by atoms with van der Waals surface area (Å²) in [5.74, 6) is -6.40. The fourth-order valence-corrected chi connectivity index (χ4v) is 11.1. The number of allylic oxidation sites excluding steroid dienone is 6. The molecule has 0 aromatic heterocycles. The van der Waals surface area contributed by atoms with Crippen molar-refractivity contribution in [3.8, 4) is 6.07 Å². The highest BCUT2D eigenvalue weighted by molar-refractivity contribution is 6.39. The first kappa shape index (κ1) is 57.4. The molecule has 392 valence electrons. The van der Waals surface area contributed by atoms with Crippen molar-refractivity contribution < 1.29 is 53.4 Å². The van der Waals surface area contributed by atoms with Crippen molar-refractivity contribution in [3.63, 3.8) is 0 Å². The monoisotopic (exact) mass is 986 g/mol. The highest BCUT2D eigenvalue weighted by Crippen LogP contribution is 2.38. The Balaban J connectivity index is 1.49. The number of rotatable bonds is 7. The maximum Gasteiger partial charge on any atom is 0.329 e. The Morgan fingerprint density at radius 1 is 0.887 bits per heavy atom. The van der Waals surface area contributed by atoms with Gasteiger partial charge in [0.15, 0.2) is 5.78 Å². The fraction of sp³-hybridized carbons (Fsp3) is 0.667. The Morgan fingerprint density at radius 2 is 1.65 bits per heavy atom. The molecule has 1 unspecified atom stereocenters. The van der Waals surface area contributed by atoms with E-state index < -0.39 is 71.8 Å². The van der Waals surface area contributed by atoms with Crippen LogP contribution in [0.5, 0.6) is 0 Å². The number of esters is 1. The van der Waals surface area contributed by atoms with Crippen LogP contribution >= 0.6 is 0 Å². The Bertz CT molecular complexity index is 2130. The first-order valence-corrected chi connectivity index (χ1v) is 26.2. The average molecular weight is 986 g/mol. The van der Waals surface area contributed by atoms with E-state index in [9.17, 15) is 39.8 Å². The molecule has 1 aromatic carbocycles. The van der Waals surface area contributed by atoms with E-state index in [2.05, 4.69) is 18.3 Å².